The van der Waals surface area contributed by atoms with Crippen LogP contribution in [0.15, 0.2) is 48.6 Å². The van der Waals surface area contributed by atoms with Crippen LogP contribution in [0.25, 0.3) is 0 Å². The summed E-state index contributed by atoms with van der Waals surface area (Å²) in [6.45, 7) is 3.38. The lowest BCUT2D eigenvalue weighted by Gasteiger charge is -2.19. The summed E-state index contributed by atoms with van der Waals surface area (Å²) in [4.78, 5) is 42.8. The zero-order chi connectivity index (χ0) is 38.5. The first-order valence-electron chi connectivity index (χ1n) is 20.1. The molecule has 302 valence electrons. The van der Waals surface area contributed by atoms with Gasteiger partial charge in [0, 0.05) is 12.8 Å². The molecule has 0 aliphatic carbocycles. The minimum absolute atomic E-state index is 0.0483. The van der Waals surface area contributed by atoms with E-state index in [9.17, 15) is 24.4 Å². The molecule has 0 radical (unpaired) electrons. The third kappa shape index (κ3) is 36.3. The predicted molar refractivity (Wildman–Crippen MR) is 210 cm³/mol. The third-order valence-corrected chi connectivity index (χ3v) is 9.01. The Morgan fingerprint density at radius 3 is 1.67 bits per heavy atom. The number of carbonyl (C=O) groups excluding carboxylic acids is 2. The number of phosphoric acid groups is 1. The van der Waals surface area contributed by atoms with Crippen LogP contribution in [-0.4, -0.2) is 63.5 Å². The van der Waals surface area contributed by atoms with Gasteiger partial charge in [-0.2, -0.15) is 0 Å². The summed E-state index contributed by atoms with van der Waals surface area (Å²) in [6.07, 6.45) is 35.7. The predicted octanol–water partition coefficient (Wildman–Crippen LogP) is 9.90. The maximum Gasteiger partial charge on any atom is 0.469 e. The van der Waals surface area contributed by atoms with E-state index in [0.717, 1.165) is 51.4 Å². The van der Waals surface area contributed by atoms with E-state index >= 15 is 0 Å². The molecule has 0 saturated heterocycles. The number of phosphoric ester groups is 1. The second-order valence-corrected chi connectivity index (χ2v) is 14.8. The van der Waals surface area contributed by atoms with Gasteiger partial charge in [-0.3, -0.25) is 14.1 Å². The molecule has 0 aliphatic rings. The Hall–Kier alpha value is -2.07. The summed E-state index contributed by atoms with van der Waals surface area (Å²) < 4.78 is 26.2. The van der Waals surface area contributed by atoms with Crippen LogP contribution < -0.4 is 0 Å². The van der Waals surface area contributed by atoms with Gasteiger partial charge in [0.1, 0.15) is 6.61 Å². The van der Waals surface area contributed by atoms with Crippen molar-refractivity contribution >= 4 is 19.8 Å². The van der Waals surface area contributed by atoms with Crippen LogP contribution in [-0.2, 0) is 28.2 Å². The van der Waals surface area contributed by atoms with Gasteiger partial charge in [-0.25, -0.2) is 4.57 Å². The standard InChI is InChI=1S/C41H73O10P/c1-3-5-7-9-11-13-15-17-18-19-21-23-25-27-29-33-41(45)51-37(36-50-52(46,47)48)35-49-40(44)34-30-32-39(43)38(42)31-28-26-24-22-20-16-14-12-10-8-6-4-2/h12-15,20,22,26,28,37-39,42-43H,3-11,16-19,21,23-25,27,29-36H2,1-2H3,(H2,46,47,48)/b14-12-,15-13-,22-20-,28-26-/t37-,38?,39?/m1/s1. The molecule has 0 aromatic carbocycles. The summed E-state index contributed by atoms with van der Waals surface area (Å²) in [5.41, 5.74) is 0. The maximum atomic E-state index is 12.4. The molecule has 0 rings (SSSR count). The molecule has 10 nitrogen and oxygen atoms in total. The van der Waals surface area contributed by atoms with Crippen molar-refractivity contribution in [2.45, 2.75) is 186 Å². The van der Waals surface area contributed by atoms with Crippen LogP contribution in [0.2, 0.25) is 0 Å². The number of esters is 2. The van der Waals surface area contributed by atoms with Gasteiger partial charge in [0.15, 0.2) is 6.10 Å². The number of hydrogen-bond acceptors (Lipinski definition) is 8. The highest BCUT2D eigenvalue weighted by atomic mass is 31.2. The Balaban J connectivity index is 4.20. The van der Waals surface area contributed by atoms with Gasteiger partial charge < -0.3 is 29.5 Å². The van der Waals surface area contributed by atoms with Gasteiger partial charge in [0.05, 0.1) is 18.8 Å². The minimum atomic E-state index is -4.82. The molecular weight excluding hydrogens is 683 g/mol. The average molecular weight is 757 g/mol. The van der Waals surface area contributed by atoms with E-state index in [2.05, 4.69) is 54.8 Å². The summed E-state index contributed by atoms with van der Waals surface area (Å²) in [7, 11) is -4.82. The van der Waals surface area contributed by atoms with Crippen LogP contribution in [0.5, 0.6) is 0 Å². The van der Waals surface area contributed by atoms with Crippen LogP contribution in [0.1, 0.15) is 168 Å². The zero-order valence-electron chi connectivity index (χ0n) is 32.4. The molecule has 0 saturated carbocycles. The molecular formula is C41H73O10P. The first kappa shape index (κ1) is 49.9. The van der Waals surface area contributed by atoms with Gasteiger partial charge in [0.25, 0.3) is 0 Å². The van der Waals surface area contributed by atoms with E-state index < -0.39 is 51.3 Å². The molecule has 0 aromatic heterocycles. The number of aliphatic hydroxyl groups excluding tert-OH is 2. The van der Waals surface area contributed by atoms with E-state index in [1.54, 1.807) is 0 Å². The van der Waals surface area contributed by atoms with Gasteiger partial charge in [-0.05, 0) is 77.0 Å². The third-order valence-electron chi connectivity index (χ3n) is 8.52. The molecule has 0 aliphatic heterocycles. The summed E-state index contributed by atoms with van der Waals surface area (Å²) in [5, 5.41) is 20.5. The molecule has 52 heavy (non-hydrogen) atoms. The van der Waals surface area contributed by atoms with Crippen molar-refractivity contribution in [3.63, 3.8) is 0 Å². The Labute approximate surface area is 315 Å². The number of carbonyl (C=O) groups is 2. The van der Waals surface area contributed by atoms with E-state index in [0.29, 0.717) is 12.8 Å². The molecule has 4 N–H and O–H groups in total. The van der Waals surface area contributed by atoms with Crippen LogP contribution in [0.4, 0.5) is 0 Å². The van der Waals surface area contributed by atoms with Crippen molar-refractivity contribution in [2.75, 3.05) is 13.2 Å². The summed E-state index contributed by atoms with van der Waals surface area (Å²) >= 11 is 0. The van der Waals surface area contributed by atoms with Crippen molar-refractivity contribution in [3.8, 4) is 0 Å². The normalized spacial score (nSPS) is 14.2. The molecule has 0 spiro atoms. The Bertz CT molecular complexity index is 1020. The molecule has 0 amide bonds. The molecule has 0 bridgehead atoms. The number of ether oxygens (including phenoxy) is 2. The molecule has 0 aromatic rings. The Morgan fingerprint density at radius 1 is 0.577 bits per heavy atom. The van der Waals surface area contributed by atoms with Crippen LogP contribution >= 0.6 is 7.82 Å². The Kier molecular flexibility index (Phi) is 34.5. The monoisotopic (exact) mass is 756 g/mol. The van der Waals surface area contributed by atoms with E-state index in [4.69, 9.17) is 19.3 Å². The molecule has 0 fully saturated rings. The van der Waals surface area contributed by atoms with Crippen molar-refractivity contribution in [3.05, 3.63) is 48.6 Å². The van der Waals surface area contributed by atoms with Crippen LogP contribution in [0, 0.1) is 0 Å². The van der Waals surface area contributed by atoms with E-state index in [-0.39, 0.29) is 25.7 Å². The Morgan fingerprint density at radius 2 is 1.06 bits per heavy atom. The lowest BCUT2D eigenvalue weighted by Crippen LogP contribution is -2.29. The number of hydrogen-bond donors (Lipinski definition) is 4. The van der Waals surface area contributed by atoms with Gasteiger partial charge in [0.2, 0.25) is 0 Å². The first-order chi connectivity index (χ1) is 25.1. The van der Waals surface area contributed by atoms with Crippen molar-refractivity contribution in [1.29, 1.82) is 0 Å². The van der Waals surface area contributed by atoms with Gasteiger partial charge >= 0.3 is 19.8 Å². The van der Waals surface area contributed by atoms with Crippen LogP contribution in [0.3, 0.4) is 0 Å². The molecule has 0 heterocycles. The molecule has 3 atom stereocenters. The smallest absolute Gasteiger partial charge is 0.462 e. The van der Waals surface area contributed by atoms with Gasteiger partial charge in [-0.1, -0.05) is 127 Å². The largest absolute Gasteiger partial charge is 0.469 e. The topological polar surface area (TPSA) is 160 Å². The molecule has 11 heteroatoms. The zero-order valence-corrected chi connectivity index (χ0v) is 33.3. The summed E-state index contributed by atoms with van der Waals surface area (Å²) in [6, 6.07) is 0. The van der Waals surface area contributed by atoms with Gasteiger partial charge in [-0.15, -0.1) is 0 Å². The fourth-order valence-corrected chi connectivity index (χ4v) is 5.71. The number of unbranched alkanes of at least 4 members (excludes halogenated alkanes) is 14. The fourth-order valence-electron chi connectivity index (χ4n) is 5.35. The number of rotatable bonds is 36. The number of aliphatic hydroxyl groups is 2. The van der Waals surface area contributed by atoms with E-state index in [1.165, 1.54) is 64.2 Å². The fraction of sp³-hybridized carbons (Fsp3) is 0.756. The minimum Gasteiger partial charge on any atom is -0.462 e. The maximum absolute atomic E-state index is 12.4. The summed E-state index contributed by atoms with van der Waals surface area (Å²) in [5.74, 6) is -1.18. The highest BCUT2D eigenvalue weighted by Crippen LogP contribution is 2.36. The molecule has 2 unspecified atom stereocenters. The average Bonchev–Trinajstić information content (AvgIpc) is 3.11. The SMILES string of the molecule is CCCCC/C=C\C/C=C\C/C=C\CC(O)C(O)CCCC(=O)OC[C@H](COP(=O)(O)O)OC(=O)CCCCCCCCC/C=C\CCCCCC. The van der Waals surface area contributed by atoms with Crippen molar-refractivity contribution < 1.29 is 48.2 Å². The second kappa shape index (κ2) is 35.9. The van der Waals surface area contributed by atoms with E-state index in [1.807, 2.05) is 12.2 Å². The first-order valence-corrected chi connectivity index (χ1v) is 21.6. The highest BCUT2D eigenvalue weighted by Gasteiger charge is 2.23. The van der Waals surface area contributed by atoms with Crippen molar-refractivity contribution in [2.24, 2.45) is 0 Å². The lowest BCUT2D eigenvalue weighted by atomic mass is 10.0. The highest BCUT2D eigenvalue weighted by molar-refractivity contribution is 7.46. The lowest BCUT2D eigenvalue weighted by molar-refractivity contribution is -0.161. The number of allylic oxidation sites excluding steroid dienone is 7. The second-order valence-electron chi connectivity index (χ2n) is 13.6. The quantitative estimate of drug-likeness (QED) is 0.0210. The van der Waals surface area contributed by atoms with Crippen molar-refractivity contribution in [1.82, 2.24) is 0 Å².